The number of hydrogen-bond acceptors (Lipinski definition) is 5. The molecule has 2 aromatic heterocycles. The van der Waals surface area contributed by atoms with Crippen molar-refractivity contribution in [2.24, 2.45) is 7.05 Å². The van der Waals surface area contributed by atoms with E-state index in [1.807, 2.05) is 19.9 Å². The fourth-order valence-electron chi connectivity index (χ4n) is 2.47. The summed E-state index contributed by atoms with van der Waals surface area (Å²) in [6, 6.07) is 1.96. The number of carbonyl (C=O) groups is 1. The summed E-state index contributed by atoms with van der Waals surface area (Å²) in [6.07, 6.45) is 1.04. The fourth-order valence-corrected chi connectivity index (χ4v) is 3.28. The molecule has 1 N–H and O–H groups in total. The van der Waals surface area contributed by atoms with E-state index in [2.05, 4.69) is 21.7 Å². The predicted molar refractivity (Wildman–Crippen MR) is 86.2 cm³/mol. The number of Topliss-reactive ketones (excluding diaryl/α,β-unsaturated/α-hetero) is 1. The van der Waals surface area contributed by atoms with Crippen LogP contribution in [0.4, 0.5) is 0 Å². The molecule has 0 bridgehead atoms. The summed E-state index contributed by atoms with van der Waals surface area (Å²) in [6.45, 7) is 6.93. The van der Waals surface area contributed by atoms with Gasteiger partial charge in [-0.3, -0.25) is 4.79 Å². The molecule has 2 heterocycles. The van der Waals surface area contributed by atoms with Gasteiger partial charge in [0.2, 0.25) is 0 Å². The van der Waals surface area contributed by atoms with E-state index in [-0.39, 0.29) is 12.4 Å². The van der Waals surface area contributed by atoms with Gasteiger partial charge in [-0.05, 0) is 26.3 Å². The molecule has 0 amide bonds. The lowest BCUT2D eigenvalue weighted by molar-refractivity contribution is 0.102. The van der Waals surface area contributed by atoms with Crippen LogP contribution in [0.1, 0.15) is 40.9 Å². The Kier molecular flexibility index (Phi) is 5.42. The van der Waals surface area contributed by atoms with Crippen molar-refractivity contribution < 1.29 is 9.90 Å². The summed E-state index contributed by atoms with van der Waals surface area (Å²) >= 11 is 1.34. The van der Waals surface area contributed by atoms with Gasteiger partial charge in [-0.2, -0.15) is 0 Å². The van der Waals surface area contributed by atoms with Crippen LogP contribution < -0.4 is 0 Å². The van der Waals surface area contributed by atoms with E-state index in [9.17, 15) is 4.79 Å². The standard InChI is InChI=1S/C15H22N4O2S/c1-5-6-19-10(2)7-12(11(19)3)13(21)9-22-15-17-16-14(8-20)18(15)4/h7,20H,5-6,8-9H2,1-4H3. The normalized spacial score (nSPS) is 11.1. The minimum atomic E-state index is -0.157. The molecule has 7 heteroatoms. The number of ketones is 1. The van der Waals surface area contributed by atoms with Crippen LogP contribution in [-0.2, 0) is 20.2 Å². The third-order valence-electron chi connectivity index (χ3n) is 3.72. The highest BCUT2D eigenvalue weighted by atomic mass is 32.2. The highest BCUT2D eigenvalue weighted by molar-refractivity contribution is 7.99. The molecule has 2 rings (SSSR count). The first-order chi connectivity index (χ1) is 10.5. The fraction of sp³-hybridized carbons (Fsp3) is 0.533. The van der Waals surface area contributed by atoms with Crippen LogP contribution in [0.5, 0.6) is 0 Å². The quantitative estimate of drug-likeness (QED) is 0.624. The molecule has 22 heavy (non-hydrogen) atoms. The molecule has 6 nitrogen and oxygen atoms in total. The zero-order valence-electron chi connectivity index (χ0n) is 13.5. The Hall–Kier alpha value is -1.60. The van der Waals surface area contributed by atoms with Crippen LogP contribution >= 0.6 is 11.8 Å². The number of rotatable bonds is 7. The van der Waals surface area contributed by atoms with Gasteiger partial charge in [-0.25, -0.2) is 0 Å². The van der Waals surface area contributed by atoms with Crippen molar-refractivity contribution >= 4 is 17.5 Å². The highest BCUT2D eigenvalue weighted by Gasteiger charge is 2.17. The number of hydrogen-bond donors (Lipinski definition) is 1. The third kappa shape index (κ3) is 3.25. The summed E-state index contributed by atoms with van der Waals surface area (Å²) < 4.78 is 3.89. The zero-order chi connectivity index (χ0) is 16.3. The Labute approximate surface area is 134 Å². The second-order valence-electron chi connectivity index (χ2n) is 5.26. The van der Waals surface area contributed by atoms with E-state index in [4.69, 9.17) is 5.11 Å². The topological polar surface area (TPSA) is 72.9 Å². The lowest BCUT2D eigenvalue weighted by Gasteiger charge is -2.07. The Morgan fingerprint density at radius 1 is 1.36 bits per heavy atom. The predicted octanol–water partition coefficient (Wildman–Crippen LogP) is 2.11. The van der Waals surface area contributed by atoms with Crippen molar-refractivity contribution in [2.75, 3.05) is 5.75 Å². The van der Waals surface area contributed by atoms with Crippen molar-refractivity contribution in [2.45, 2.75) is 45.5 Å². The van der Waals surface area contributed by atoms with Crippen LogP contribution in [0, 0.1) is 13.8 Å². The van der Waals surface area contributed by atoms with E-state index in [1.165, 1.54) is 11.8 Å². The van der Waals surface area contributed by atoms with Crippen LogP contribution in [0.15, 0.2) is 11.2 Å². The van der Waals surface area contributed by atoms with E-state index >= 15 is 0 Å². The van der Waals surface area contributed by atoms with Gasteiger partial charge in [0.15, 0.2) is 16.8 Å². The van der Waals surface area contributed by atoms with Gasteiger partial charge in [0.25, 0.3) is 0 Å². The number of aryl methyl sites for hydroxylation is 1. The second-order valence-corrected chi connectivity index (χ2v) is 6.21. The molecule has 0 saturated heterocycles. The maximum atomic E-state index is 12.5. The van der Waals surface area contributed by atoms with Crippen molar-refractivity contribution in [3.8, 4) is 0 Å². The average molecular weight is 322 g/mol. The van der Waals surface area contributed by atoms with Gasteiger partial charge in [0.1, 0.15) is 6.61 Å². The SMILES string of the molecule is CCCn1c(C)cc(C(=O)CSc2nnc(CO)n2C)c1C. The summed E-state index contributed by atoms with van der Waals surface area (Å²) in [4.78, 5) is 12.5. The number of aromatic nitrogens is 4. The van der Waals surface area contributed by atoms with Crippen LogP contribution in [0.2, 0.25) is 0 Å². The number of nitrogens with zero attached hydrogens (tertiary/aromatic N) is 4. The Balaban J connectivity index is 2.09. The van der Waals surface area contributed by atoms with E-state index < -0.39 is 0 Å². The molecule has 0 aliphatic heterocycles. The number of carbonyl (C=O) groups excluding carboxylic acids is 1. The van der Waals surface area contributed by atoms with E-state index in [1.54, 1.807) is 11.6 Å². The zero-order valence-corrected chi connectivity index (χ0v) is 14.3. The Morgan fingerprint density at radius 3 is 2.68 bits per heavy atom. The molecular weight excluding hydrogens is 300 g/mol. The average Bonchev–Trinajstić information content (AvgIpc) is 2.99. The lowest BCUT2D eigenvalue weighted by Crippen LogP contribution is -2.07. The molecule has 0 fully saturated rings. The number of aliphatic hydroxyl groups excluding tert-OH is 1. The molecule has 0 unspecified atom stereocenters. The number of thioether (sulfide) groups is 1. The van der Waals surface area contributed by atoms with Crippen molar-refractivity contribution in [1.82, 2.24) is 19.3 Å². The van der Waals surface area contributed by atoms with Crippen LogP contribution in [0.25, 0.3) is 0 Å². The maximum Gasteiger partial charge on any atom is 0.191 e. The van der Waals surface area contributed by atoms with Crippen molar-refractivity contribution in [1.29, 1.82) is 0 Å². The third-order valence-corrected chi connectivity index (χ3v) is 4.74. The summed E-state index contributed by atoms with van der Waals surface area (Å²) in [5.74, 6) is 0.901. The molecule has 0 saturated carbocycles. The molecule has 120 valence electrons. The smallest absolute Gasteiger partial charge is 0.191 e. The molecule has 0 atom stereocenters. The van der Waals surface area contributed by atoms with Gasteiger partial charge in [0.05, 0.1) is 5.75 Å². The minimum Gasteiger partial charge on any atom is -0.388 e. The lowest BCUT2D eigenvalue weighted by atomic mass is 10.2. The molecule has 0 spiro atoms. The Bertz CT molecular complexity index is 675. The molecule has 0 radical (unpaired) electrons. The molecule has 0 aromatic carbocycles. The van der Waals surface area contributed by atoms with Crippen LogP contribution in [-0.4, -0.2) is 36.0 Å². The second kappa shape index (κ2) is 7.11. The first-order valence-corrected chi connectivity index (χ1v) is 8.30. The van der Waals surface area contributed by atoms with Gasteiger partial charge in [0, 0.05) is 30.5 Å². The van der Waals surface area contributed by atoms with Gasteiger partial charge < -0.3 is 14.2 Å². The first-order valence-electron chi connectivity index (χ1n) is 7.31. The Morgan fingerprint density at radius 2 is 2.09 bits per heavy atom. The summed E-state index contributed by atoms with van der Waals surface area (Å²) in [5, 5.41) is 17.6. The molecular formula is C15H22N4O2S. The van der Waals surface area contributed by atoms with Crippen molar-refractivity contribution in [3.05, 3.63) is 28.8 Å². The maximum absolute atomic E-state index is 12.5. The van der Waals surface area contributed by atoms with Crippen molar-refractivity contribution in [3.63, 3.8) is 0 Å². The van der Waals surface area contributed by atoms with Gasteiger partial charge in [-0.1, -0.05) is 18.7 Å². The summed E-state index contributed by atoms with van der Waals surface area (Å²) in [7, 11) is 1.78. The molecule has 0 aliphatic carbocycles. The van der Waals surface area contributed by atoms with E-state index in [0.29, 0.717) is 16.7 Å². The minimum absolute atomic E-state index is 0.0917. The van der Waals surface area contributed by atoms with Crippen LogP contribution in [0.3, 0.4) is 0 Å². The monoisotopic (exact) mass is 322 g/mol. The molecule has 2 aromatic rings. The van der Waals surface area contributed by atoms with E-state index in [0.717, 1.165) is 29.9 Å². The largest absolute Gasteiger partial charge is 0.388 e. The first kappa shape index (κ1) is 16.8. The highest BCUT2D eigenvalue weighted by Crippen LogP contribution is 2.21. The van der Waals surface area contributed by atoms with Gasteiger partial charge in [-0.15, -0.1) is 10.2 Å². The van der Waals surface area contributed by atoms with Gasteiger partial charge >= 0.3 is 0 Å². The summed E-state index contributed by atoms with van der Waals surface area (Å²) in [5.41, 5.74) is 2.93. The molecule has 0 aliphatic rings. The number of aliphatic hydroxyl groups is 1.